The molecule has 1 fully saturated rings. The molecular weight excluding hydrogens is 306 g/mol. The molecule has 0 bridgehead atoms. The van der Waals surface area contributed by atoms with Crippen LogP contribution in [0.25, 0.3) is 11.2 Å². The number of imidazole rings is 1. The lowest BCUT2D eigenvalue weighted by molar-refractivity contribution is 0.0199. The van der Waals surface area contributed by atoms with E-state index in [4.69, 9.17) is 4.74 Å². The van der Waals surface area contributed by atoms with Gasteiger partial charge in [-0.3, -0.25) is 0 Å². The monoisotopic (exact) mass is 331 g/mol. The van der Waals surface area contributed by atoms with E-state index >= 15 is 0 Å². The van der Waals surface area contributed by atoms with E-state index < -0.39 is 5.60 Å². The summed E-state index contributed by atoms with van der Waals surface area (Å²) in [5.74, 6) is 0.778. The van der Waals surface area contributed by atoms with Crippen molar-refractivity contribution in [2.45, 2.75) is 45.3 Å². The van der Waals surface area contributed by atoms with Crippen LogP contribution in [-0.4, -0.2) is 57.7 Å². The van der Waals surface area contributed by atoms with E-state index in [0.29, 0.717) is 12.2 Å². The van der Waals surface area contributed by atoms with E-state index in [9.17, 15) is 4.79 Å². The van der Waals surface area contributed by atoms with Crippen LogP contribution in [0.3, 0.4) is 0 Å². The Morgan fingerprint density at radius 2 is 2.25 bits per heavy atom. The molecule has 24 heavy (non-hydrogen) atoms. The topological polar surface area (TPSA) is 74.4 Å². The van der Waals surface area contributed by atoms with Gasteiger partial charge in [0.2, 0.25) is 5.95 Å². The van der Waals surface area contributed by atoms with Gasteiger partial charge in [0.05, 0.1) is 5.52 Å². The number of amides is 1. The van der Waals surface area contributed by atoms with Crippen molar-refractivity contribution in [1.82, 2.24) is 19.9 Å². The number of anilines is 1. The van der Waals surface area contributed by atoms with Crippen LogP contribution < -0.4 is 4.90 Å². The fourth-order valence-electron chi connectivity index (χ4n) is 2.94. The van der Waals surface area contributed by atoms with Gasteiger partial charge in [0.25, 0.3) is 0 Å². The molecule has 2 aromatic heterocycles. The Morgan fingerprint density at radius 3 is 2.96 bits per heavy atom. The first-order chi connectivity index (χ1) is 11.3. The third kappa shape index (κ3) is 3.60. The first kappa shape index (κ1) is 16.5. The van der Waals surface area contributed by atoms with Crippen molar-refractivity contribution in [2.75, 3.05) is 25.0 Å². The number of fused-ring (bicyclic) bond motifs is 1. The van der Waals surface area contributed by atoms with Crippen molar-refractivity contribution in [3.05, 3.63) is 18.3 Å². The van der Waals surface area contributed by atoms with Gasteiger partial charge in [-0.15, -0.1) is 0 Å². The summed E-state index contributed by atoms with van der Waals surface area (Å²) in [5.41, 5.74) is 1.15. The minimum atomic E-state index is -0.472. The number of H-pyrrole nitrogens is 1. The van der Waals surface area contributed by atoms with Crippen LogP contribution in [0, 0.1) is 0 Å². The second kappa shape index (κ2) is 6.30. The van der Waals surface area contributed by atoms with Crippen LogP contribution in [0.1, 0.15) is 33.6 Å². The van der Waals surface area contributed by atoms with Crippen molar-refractivity contribution in [3.8, 4) is 0 Å². The average molecular weight is 331 g/mol. The number of aromatic amines is 1. The first-order valence-corrected chi connectivity index (χ1v) is 8.35. The van der Waals surface area contributed by atoms with Crippen LogP contribution >= 0.6 is 0 Å². The summed E-state index contributed by atoms with van der Waals surface area (Å²) in [6.07, 6.45) is 3.46. The number of pyridine rings is 1. The summed E-state index contributed by atoms with van der Waals surface area (Å²) in [4.78, 5) is 28.3. The number of rotatable bonds is 2. The standard InChI is InChI=1S/C17H25N5O2/c1-17(2,3)24-16(23)22-10-6-7-12(11-22)21(4)15-19-13-8-5-9-18-14(13)20-15/h5,8-9,12H,6-7,10-11H2,1-4H3,(H,18,19,20)/t12-/m1/s1. The molecule has 1 saturated heterocycles. The van der Waals surface area contributed by atoms with E-state index in [1.54, 1.807) is 11.1 Å². The summed E-state index contributed by atoms with van der Waals surface area (Å²) in [6, 6.07) is 4.04. The lowest BCUT2D eigenvalue weighted by atomic mass is 10.1. The molecule has 1 aliphatic rings. The molecule has 3 heterocycles. The largest absolute Gasteiger partial charge is 0.444 e. The van der Waals surface area contributed by atoms with E-state index in [2.05, 4.69) is 19.9 Å². The lowest BCUT2D eigenvalue weighted by Gasteiger charge is -2.38. The van der Waals surface area contributed by atoms with Gasteiger partial charge in [0.1, 0.15) is 5.60 Å². The Kier molecular flexibility index (Phi) is 4.34. The molecule has 1 amide bonds. The fraction of sp³-hybridized carbons (Fsp3) is 0.588. The normalized spacial score (nSPS) is 18.7. The SMILES string of the molecule is CN(c1nc2ncccc2[nH]1)[C@@H]1CCCN(C(=O)OC(C)(C)C)C1. The molecule has 0 aliphatic carbocycles. The molecule has 0 saturated carbocycles. The number of hydrogen-bond donors (Lipinski definition) is 1. The smallest absolute Gasteiger partial charge is 0.410 e. The molecule has 0 radical (unpaired) electrons. The van der Waals surface area contributed by atoms with Gasteiger partial charge in [0, 0.05) is 32.4 Å². The molecule has 130 valence electrons. The highest BCUT2D eigenvalue weighted by atomic mass is 16.6. The highest BCUT2D eigenvalue weighted by molar-refractivity contribution is 5.73. The first-order valence-electron chi connectivity index (χ1n) is 8.35. The summed E-state index contributed by atoms with van der Waals surface area (Å²) in [6.45, 7) is 7.04. The van der Waals surface area contributed by atoms with Gasteiger partial charge in [-0.05, 0) is 45.7 Å². The van der Waals surface area contributed by atoms with Crippen molar-refractivity contribution < 1.29 is 9.53 Å². The van der Waals surface area contributed by atoms with Crippen LogP contribution in [0.2, 0.25) is 0 Å². The Labute approximate surface area is 142 Å². The van der Waals surface area contributed by atoms with Gasteiger partial charge >= 0.3 is 6.09 Å². The lowest BCUT2D eigenvalue weighted by Crippen LogP contribution is -2.50. The summed E-state index contributed by atoms with van der Waals surface area (Å²) < 4.78 is 5.49. The minimum absolute atomic E-state index is 0.201. The summed E-state index contributed by atoms with van der Waals surface area (Å²) in [7, 11) is 2.00. The molecule has 0 spiro atoms. The van der Waals surface area contributed by atoms with E-state index in [-0.39, 0.29) is 12.1 Å². The number of carbonyl (C=O) groups excluding carboxylic acids is 1. The van der Waals surface area contributed by atoms with Crippen molar-refractivity contribution in [2.24, 2.45) is 0 Å². The molecule has 7 nitrogen and oxygen atoms in total. The third-order valence-corrected chi connectivity index (χ3v) is 4.17. The second-order valence-corrected chi connectivity index (χ2v) is 7.27. The van der Waals surface area contributed by atoms with E-state index in [1.807, 2.05) is 40.0 Å². The number of hydrogen-bond acceptors (Lipinski definition) is 5. The molecule has 7 heteroatoms. The second-order valence-electron chi connectivity index (χ2n) is 7.27. The maximum atomic E-state index is 12.3. The third-order valence-electron chi connectivity index (χ3n) is 4.17. The van der Waals surface area contributed by atoms with Gasteiger partial charge < -0.3 is 19.5 Å². The van der Waals surface area contributed by atoms with Crippen LogP contribution in [0.4, 0.5) is 10.7 Å². The zero-order chi connectivity index (χ0) is 17.3. The molecule has 3 rings (SSSR count). The van der Waals surface area contributed by atoms with Crippen molar-refractivity contribution in [1.29, 1.82) is 0 Å². The van der Waals surface area contributed by atoms with Gasteiger partial charge in [-0.25, -0.2) is 9.78 Å². The predicted octanol–water partition coefficient (Wildman–Crippen LogP) is 2.79. The molecule has 1 N–H and O–H groups in total. The molecular formula is C17H25N5O2. The Balaban J connectivity index is 1.70. The maximum Gasteiger partial charge on any atom is 0.410 e. The number of nitrogens with zero attached hydrogens (tertiary/aromatic N) is 4. The van der Waals surface area contributed by atoms with Crippen molar-refractivity contribution in [3.63, 3.8) is 0 Å². The van der Waals surface area contributed by atoms with Gasteiger partial charge in [-0.1, -0.05) is 0 Å². The average Bonchev–Trinajstić information content (AvgIpc) is 2.96. The van der Waals surface area contributed by atoms with Gasteiger partial charge in [-0.2, -0.15) is 4.98 Å². The molecule has 2 aromatic rings. The molecule has 1 atom stereocenters. The quantitative estimate of drug-likeness (QED) is 0.916. The fourth-order valence-corrected chi connectivity index (χ4v) is 2.94. The van der Waals surface area contributed by atoms with E-state index in [1.165, 1.54) is 0 Å². The molecule has 0 aromatic carbocycles. The number of nitrogens with one attached hydrogen (secondary N) is 1. The zero-order valence-corrected chi connectivity index (χ0v) is 14.7. The number of ether oxygens (including phenoxy) is 1. The van der Waals surface area contributed by atoms with E-state index in [0.717, 1.165) is 30.9 Å². The van der Waals surface area contributed by atoms with Crippen LogP contribution in [-0.2, 0) is 4.74 Å². The highest BCUT2D eigenvalue weighted by Gasteiger charge is 2.30. The maximum absolute atomic E-state index is 12.3. The number of likely N-dealkylation sites (tertiary alicyclic amines) is 1. The molecule has 0 unspecified atom stereocenters. The summed E-state index contributed by atoms with van der Waals surface area (Å²) >= 11 is 0. The Morgan fingerprint density at radius 1 is 1.46 bits per heavy atom. The minimum Gasteiger partial charge on any atom is -0.444 e. The Bertz CT molecular complexity index is 688. The van der Waals surface area contributed by atoms with Crippen molar-refractivity contribution >= 4 is 23.2 Å². The highest BCUT2D eigenvalue weighted by Crippen LogP contribution is 2.22. The number of piperidine rings is 1. The predicted molar refractivity (Wildman–Crippen MR) is 93.1 cm³/mol. The number of likely N-dealkylation sites (N-methyl/N-ethyl adjacent to an activating group) is 1. The molecule has 1 aliphatic heterocycles. The van der Waals surface area contributed by atoms with Gasteiger partial charge in [0.15, 0.2) is 5.65 Å². The zero-order valence-electron chi connectivity index (χ0n) is 14.7. The van der Waals surface area contributed by atoms with Crippen LogP contribution in [0.5, 0.6) is 0 Å². The Hall–Kier alpha value is -2.31. The number of aromatic nitrogens is 3. The van der Waals surface area contributed by atoms with Crippen LogP contribution in [0.15, 0.2) is 18.3 Å². The number of carbonyl (C=O) groups is 1. The summed E-state index contributed by atoms with van der Waals surface area (Å²) in [5, 5.41) is 0.